The molecule has 0 N–H and O–H groups in total. The Bertz CT molecular complexity index is 6060. The van der Waals surface area contributed by atoms with Crippen molar-refractivity contribution >= 4 is 98.1 Å². The lowest BCUT2D eigenvalue weighted by Crippen LogP contribution is -2.31. The van der Waals surface area contributed by atoms with Crippen LogP contribution in [0.5, 0.6) is 0 Å². The standard InChI is InChI=1S/C31H32NO.C29H28NO.C26H24NO/c1-19-10-13-26(20(2)14-19)30-31-29(21(3)18-32(30)4)27-16-25-15-23(22-8-6-5-7-9-22)11-12-24(25)17-28(27)33-31;1-19-8-6-7-11-24(19)28-29-25(14-15-30(28)2)26-17-23-16-21(20-9-4-3-5-10-20)12-13-22(23)18-27(26)31-29;1-15-7-9-21(17(3)10-15)25-26-24(18(4)14-27(25)5)22-12-20-11-16(2)6-8-19(20)13-23(22)28-26/h10-18,22H,5-9H2,1-4H3;6-8,11-18,20H,3-5,9-10H2,1-2H3;6-14H,1-5H3/q3*+1/i1D3,3D3,22D;20D;1D3,4D3. The quantitative estimate of drug-likeness (QED) is 0.161. The Morgan fingerprint density at radius 1 is 0.359 bits per heavy atom. The summed E-state index contributed by atoms with van der Waals surface area (Å²) in [5, 5.41) is 11.1. The summed E-state index contributed by atoms with van der Waals surface area (Å²) >= 11 is 0. The third kappa shape index (κ3) is 10.6. The van der Waals surface area contributed by atoms with Crippen LogP contribution in [0.1, 0.15) is 151 Å². The summed E-state index contributed by atoms with van der Waals surface area (Å²) < 4.78 is 139. The summed E-state index contributed by atoms with van der Waals surface area (Å²) in [5.41, 5.74) is 16.2. The minimum atomic E-state index is -2.38. The molecule has 2 fully saturated rings. The zero-order chi connectivity index (χ0) is 75.1. The molecule has 2 aliphatic rings. The number of benzene rings is 9. The topological polar surface area (TPSA) is 51.1 Å². The molecule has 0 saturated heterocycles. The smallest absolute Gasteiger partial charge is 0.256 e. The predicted molar refractivity (Wildman–Crippen MR) is 383 cm³/mol. The predicted octanol–water partition coefficient (Wildman–Crippen LogP) is 22.3. The van der Waals surface area contributed by atoms with Gasteiger partial charge in [0, 0.05) is 68.7 Å². The number of fused-ring (bicyclic) bond motifs is 12. The largest absolute Gasteiger partial charge is 0.449 e. The van der Waals surface area contributed by atoms with E-state index in [9.17, 15) is 0 Å². The fourth-order valence-electron chi connectivity index (χ4n) is 14.9. The second kappa shape index (κ2) is 23.7. The van der Waals surface area contributed by atoms with Crippen molar-refractivity contribution in [2.24, 2.45) is 21.1 Å². The fraction of sp³-hybridized carbons (Fsp3) is 0.267. The highest BCUT2D eigenvalue weighted by Gasteiger charge is 2.28. The van der Waals surface area contributed by atoms with E-state index in [2.05, 4.69) is 97.5 Å². The number of aromatic nitrogens is 3. The van der Waals surface area contributed by atoms with Crippen molar-refractivity contribution < 1.29 is 46.1 Å². The molecule has 0 atom stereocenters. The molecule has 17 rings (SSSR count). The Labute approximate surface area is 560 Å². The fourth-order valence-corrected chi connectivity index (χ4v) is 14.9. The van der Waals surface area contributed by atoms with E-state index in [0.717, 1.165) is 145 Å². The molecule has 6 heterocycles. The van der Waals surface area contributed by atoms with Crippen molar-refractivity contribution in [2.75, 3.05) is 0 Å². The van der Waals surface area contributed by atoms with E-state index in [1.165, 1.54) is 34.7 Å². The SMILES string of the molecule is [2H]C([2H])([2H])c1ccc(-c2c3oc4cc5ccc(C)cc5cc4c3c(C([2H])([2H])[2H])c[n+]2C)c(C)c1.[2H]C([2H])([2H])c1ccc(-c2c3oc4cc5ccc(C6([2H])CCCCC6)cc5cc4c3c(C([2H])([2H])[2H])c[n+]2C)c(C)c1.[2H]C1(c2ccc3cc4oc5c(-c6ccccc6C)[n+](C)ccc5c4cc3c2)CCCCC1. The minimum Gasteiger partial charge on any atom is -0.449 e. The van der Waals surface area contributed by atoms with Gasteiger partial charge in [0.05, 0.1) is 16.7 Å². The van der Waals surface area contributed by atoms with Crippen LogP contribution in [-0.2, 0) is 21.1 Å². The number of aryl methyl sites for hydroxylation is 11. The van der Waals surface area contributed by atoms with Gasteiger partial charge in [-0.1, -0.05) is 152 Å². The molecular formula is C86H84N3O3+3. The van der Waals surface area contributed by atoms with Crippen LogP contribution in [0.2, 0.25) is 0 Å². The van der Waals surface area contributed by atoms with Gasteiger partial charge in [0.2, 0.25) is 16.7 Å². The number of pyridine rings is 3. The lowest BCUT2D eigenvalue weighted by molar-refractivity contribution is -0.659. The van der Waals surface area contributed by atoms with Crippen LogP contribution in [-0.4, -0.2) is 0 Å². The molecule has 6 heteroatoms. The number of hydrogen-bond donors (Lipinski definition) is 0. The molecule has 0 bridgehead atoms. The van der Waals surface area contributed by atoms with Crippen LogP contribution in [0, 0.1) is 55.1 Å². The van der Waals surface area contributed by atoms with E-state index in [4.69, 9.17) is 32.4 Å². The summed E-state index contributed by atoms with van der Waals surface area (Å²) in [7, 11) is 5.65. The third-order valence-corrected chi connectivity index (χ3v) is 19.6. The summed E-state index contributed by atoms with van der Waals surface area (Å²) in [6, 6.07) is 51.9. The minimum absolute atomic E-state index is 0.198. The number of nitrogens with zero attached hydrogens (tertiary/aromatic N) is 3. The summed E-state index contributed by atoms with van der Waals surface area (Å²) in [6.07, 6.45) is 15.9. The average molecular weight is 1220 g/mol. The highest BCUT2D eigenvalue weighted by atomic mass is 16.3. The van der Waals surface area contributed by atoms with E-state index in [-0.39, 0.29) is 22.3 Å². The summed E-state index contributed by atoms with van der Waals surface area (Å²) in [4.78, 5) is 0. The van der Waals surface area contributed by atoms with Crippen molar-refractivity contribution in [1.29, 1.82) is 0 Å². The molecule has 2 saturated carbocycles. The zero-order valence-electron chi connectivity index (χ0n) is 67.4. The molecule has 0 unspecified atom stereocenters. The van der Waals surface area contributed by atoms with Gasteiger partial charge in [-0.15, -0.1) is 0 Å². The lowest BCUT2D eigenvalue weighted by atomic mass is 9.83. The van der Waals surface area contributed by atoms with Gasteiger partial charge in [-0.25, -0.2) is 0 Å². The third-order valence-electron chi connectivity index (χ3n) is 19.6. The monoisotopic (exact) mass is 1220 g/mol. The number of furan rings is 3. The number of hydrogen-bond acceptors (Lipinski definition) is 3. The van der Waals surface area contributed by atoms with Gasteiger partial charge in [-0.3, -0.25) is 0 Å². The average Bonchev–Trinajstić information content (AvgIpc) is 1.55. The van der Waals surface area contributed by atoms with Crippen LogP contribution >= 0.6 is 0 Å². The maximum atomic E-state index is 9.11. The van der Waals surface area contributed by atoms with E-state index in [1.807, 2.05) is 69.3 Å². The van der Waals surface area contributed by atoms with Crippen LogP contribution in [0.4, 0.5) is 0 Å². The molecule has 6 aromatic heterocycles. The van der Waals surface area contributed by atoms with Crippen LogP contribution in [0.25, 0.3) is 132 Å². The normalized spacial score (nSPS) is 17.6. The molecule has 9 aromatic carbocycles. The first kappa shape index (κ1) is 45.0. The molecule has 2 aliphatic carbocycles. The van der Waals surface area contributed by atoms with Crippen molar-refractivity contribution in [2.45, 2.75) is 131 Å². The molecular weight excluding hydrogens is 1120 g/mol. The maximum Gasteiger partial charge on any atom is 0.256 e. The van der Waals surface area contributed by atoms with Crippen LogP contribution in [0.3, 0.4) is 0 Å². The van der Waals surface area contributed by atoms with Crippen molar-refractivity contribution in [3.63, 3.8) is 0 Å². The van der Waals surface area contributed by atoms with Gasteiger partial charge in [0.1, 0.15) is 37.9 Å². The number of rotatable bonds is 5. The molecule has 0 radical (unpaired) electrons. The highest BCUT2D eigenvalue weighted by molar-refractivity contribution is 6.16. The van der Waals surface area contributed by atoms with Crippen molar-refractivity contribution in [3.8, 4) is 33.8 Å². The van der Waals surface area contributed by atoms with Crippen LogP contribution in [0.15, 0.2) is 190 Å². The van der Waals surface area contributed by atoms with Gasteiger partial charge in [0.15, 0.2) is 18.6 Å². The maximum absolute atomic E-state index is 9.11. The highest BCUT2D eigenvalue weighted by Crippen LogP contribution is 2.44. The lowest BCUT2D eigenvalue weighted by Gasteiger charge is -2.22. The van der Waals surface area contributed by atoms with Crippen molar-refractivity contribution in [1.82, 2.24) is 0 Å². The summed E-state index contributed by atoms with van der Waals surface area (Å²) in [6.45, 7) is -1.27. The molecule has 92 heavy (non-hydrogen) atoms. The zero-order valence-corrected chi connectivity index (χ0v) is 53.4. The first-order valence-corrected chi connectivity index (χ1v) is 32.4. The molecule has 0 spiro atoms. The second-order valence-electron chi connectivity index (χ2n) is 26.0. The Balaban J connectivity index is 0.000000128. The van der Waals surface area contributed by atoms with Gasteiger partial charge < -0.3 is 13.3 Å². The van der Waals surface area contributed by atoms with E-state index in [0.29, 0.717) is 49.9 Å². The van der Waals surface area contributed by atoms with E-state index in [1.54, 1.807) is 72.0 Å². The molecule has 0 amide bonds. The van der Waals surface area contributed by atoms with E-state index < -0.39 is 39.2 Å². The Hall–Kier alpha value is -9.39. The van der Waals surface area contributed by atoms with Gasteiger partial charge in [-0.2, -0.15) is 13.7 Å². The van der Waals surface area contributed by atoms with Gasteiger partial charge >= 0.3 is 0 Å². The summed E-state index contributed by atoms with van der Waals surface area (Å²) in [5.74, 6) is -1.03. The molecule has 458 valence electrons. The Morgan fingerprint density at radius 2 is 0.804 bits per heavy atom. The first-order valence-electron chi connectivity index (χ1n) is 39.4. The second-order valence-corrected chi connectivity index (χ2v) is 26.0. The molecule has 6 nitrogen and oxygen atoms in total. The molecule has 0 aliphatic heterocycles. The first-order chi connectivity index (χ1) is 50.1. The molecule has 15 aromatic rings. The Kier molecular flexibility index (Phi) is 11.6. The van der Waals surface area contributed by atoms with Crippen molar-refractivity contribution in [3.05, 3.63) is 232 Å². The van der Waals surface area contributed by atoms with E-state index >= 15 is 0 Å². The Morgan fingerprint density at radius 3 is 1.30 bits per heavy atom. The van der Waals surface area contributed by atoms with Gasteiger partial charge in [0.25, 0.3) is 17.1 Å². The van der Waals surface area contributed by atoms with Crippen LogP contribution < -0.4 is 13.7 Å². The van der Waals surface area contributed by atoms with Gasteiger partial charge in [-0.05, 0) is 207 Å².